The Labute approximate surface area is 229 Å². The number of ether oxygens (including phenoxy) is 1. The maximum Gasteiger partial charge on any atom is 0.246 e. The number of carbonyl (C=O) groups is 1. The minimum Gasteiger partial charge on any atom is -0.486 e. The molecule has 2 aliphatic heterocycles. The highest BCUT2D eigenvalue weighted by Crippen LogP contribution is 2.35. The average molecular weight is 553 g/mol. The van der Waals surface area contributed by atoms with E-state index >= 15 is 0 Å². The van der Waals surface area contributed by atoms with Gasteiger partial charge in [-0.05, 0) is 50.1 Å². The highest BCUT2D eigenvalue weighted by Gasteiger charge is 2.48. The number of hydrogen-bond donors (Lipinski definition) is 2. The first-order chi connectivity index (χ1) is 18.3. The summed E-state index contributed by atoms with van der Waals surface area (Å²) in [5.74, 6) is 1.33. The number of aromatic amines is 1. The number of hydrogen-bond acceptors (Lipinski definition) is 8. The van der Waals surface area contributed by atoms with Crippen molar-refractivity contribution in [2.75, 3.05) is 31.1 Å². The Kier molecular flexibility index (Phi) is 6.33. The summed E-state index contributed by atoms with van der Waals surface area (Å²) in [4.78, 5) is 20.6. The molecule has 6 rings (SSSR count). The number of nitrogens with two attached hydrogens (primary N) is 1. The zero-order valence-corrected chi connectivity index (χ0v) is 22.2. The Morgan fingerprint density at radius 1 is 1.11 bits per heavy atom. The lowest BCUT2D eigenvalue weighted by atomic mass is 9.89. The van der Waals surface area contributed by atoms with Crippen LogP contribution in [0.2, 0.25) is 10.0 Å². The molecule has 1 aromatic carbocycles. The molecular weight excluding hydrogens is 527 g/mol. The first kappa shape index (κ1) is 24.8. The van der Waals surface area contributed by atoms with Crippen LogP contribution in [0.3, 0.4) is 0 Å². The second kappa shape index (κ2) is 9.68. The number of H-pyrrole nitrogens is 1. The molecule has 5 heterocycles. The van der Waals surface area contributed by atoms with Crippen LogP contribution in [0.15, 0.2) is 42.7 Å². The van der Waals surface area contributed by atoms with Gasteiger partial charge in [0.05, 0.1) is 15.6 Å². The number of fused-ring (bicyclic) bond motifs is 1. The van der Waals surface area contributed by atoms with Crippen LogP contribution in [0, 0.1) is 0 Å². The number of likely N-dealkylation sites (tertiary alicyclic amines) is 1. The van der Waals surface area contributed by atoms with Crippen LogP contribution in [0.25, 0.3) is 22.3 Å². The fraction of sp³-hybridized carbons (Fsp3) is 0.346. The molecule has 12 heteroatoms. The highest BCUT2D eigenvalue weighted by molar-refractivity contribution is 6.35. The summed E-state index contributed by atoms with van der Waals surface area (Å²) in [6, 6.07) is 9.38. The maximum atomic E-state index is 12.8. The Bertz CT molecular complexity index is 1480. The fourth-order valence-corrected chi connectivity index (χ4v) is 5.79. The van der Waals surface area contributed by atoms with E-state index in [0.29, 0.717) is 51.7 Å². The van der Waals surface area contributed by atoms with Crippen LogP contribution in [0.4, 0.5) is 5.82 Å². The number of nitrogens with zero attached hydrogens (tertiary/aromatic N) is 6. The van der Waals surface area contributed by atoms with E-state index in [9.17, 15) is 4.79 Å². The molecule has 3 aromatic heterocycles. The van der Waals surface area contributed by atoms with Gasteiger partial charge >= 0.3 is 0 Å². The molecule has 2 aliphatic rings. The number of rotatable bonds is 6. The van der Waals surface area contributed by atoms with Crippen LogP contribution in [-0.2, 0) is 4.79 Å². The molecule has 1 amide bonds. The van der Waals surface area contributed by atoms with Crippen molar-refractivity contribution in [1.29, 1.82) is 0 Å². The van der Waals surface area contributed by atoms with Gasteiger partial charge in [0, 0.05) is 49.5 Å². The molecule has 0 radical (unpaired) electrons. The van der Waals surface area contributed by atoms with Crippen molar-refractivity contribution >= 4 is 45.8 Å². The molecule has 0 unspecified atom stereocenters. The number of pyridine rings is 1. The zero-order chi connectivity index (χ0) is 26.4. The Hall–Kier alpha value is -3.47. The summed E-state index contributed by atoms with van der Waals surface area (Å²) in [6.45, 7) is 4.31. The lowest BCUT2D eigenvalue weighted by molar-refractivity contribution is -0.136. The van der Waals surface area contributed by atoms with Crippen LogP contribution < -0.4 is 15.4 Å². The van der Waals surface area contributed by atoms with E-state index < -0.39 is 11.6 Å². The Balaban J connectivity index is 1.18. The summed E-state index contributed by atoms with van der Waals surface area (Å²) in [7, 11) is 0. The van der Waals surface area contributed by atoms with Gasteiger partial charge in [-0.3, -0.25) is 14.9 Å². The predicted octanol–water partition coefficient (Wildman–Crippen LogP) is 4.00. The van der Waals surface area contributed by atoms with E-state index in [-0.39, 0.29) is 5.91 Å². The van der Waals surface area contributed by atoms with Crippen molar-refractivity contribution in [2.24, 2.45) is 5.73 Å². The molecule has 10 nitrogen and oxygen atoms in total. The Morgan fingerprint density at radius 3 is 2.53 bits per heavy atom. The van der Waals surface area contributed by atoms with Gasteiger partial charge in [0.25, 0.3) is 0 Å². The van der Waals surface area contributed by atoms with Gasteiger partial charge in [-0.15, -0.1) is 10.2 Å². The van der Waals surface area contributed by atoms with E-state index in [1.54, 1.807) is 12.4 Å². The van der Waals surface area contributed by atoms with Gasteiger partial charge in [0.2, 0.25) is 5.91 Å². The normalized spacial score (nSPS) is 17.5. The van der Waals surface area contributed by atoms with Gasteiger partial charge in [0.15, 0.2) is 5.82 Å². The molecule has 4 aromatic rings. The molecule has 0 aliphatic carbocycles. The molecule has 38 heavy (non-hydrogen) atoms. The first-order valence-electron chi connectivity index (χ1n) is 12.4. The number of benzene rings is 1. The van der Waals surface area contributed by atoms with Crippen LogP contribution >= 0.6 is 23.2 Å². The number of amides is 1. The number of halogens is 2. The molecule has 0 bridgehead atoms. The summed E-state index contributed by atoms with van der Waals surface area (Å²) in [5, 5.41) is 18.0. The molecule has 0 spiro atoms. The number of aromatic nitrogens is 5. The minimum absolute atomic E-state index is 0.0274. The van der Waals surface area contributed by atoms with E-state index in [1.807, 2.05) is 47.1 Å². The standard InChI is InChI=1S/C26H26Cl2N8O2/c1-15(23-18(27)11-30-12-19(23)28)38-16-4-5-20-17(10-16)24(34-31-20)21-6-7-22(33-32-21)36-13-26(29,14-36)25(37)35-8-2-3-9-35/h4-7,10-12,15H,2-3,8-9,13-14,29H2,1H3,(H,31,34)/t15-/m1/s1. The fourth-order valence-electron chi connectivity index (χ4n) is 5.12. The van der Waals surface area contributed by atoms with Crippen molar-refractivity contribution in [3.63, 3.8) is 0 Å². The van der Waals surface area contributed by atoms with Gasteiger partial charge in [-0.2, -0.15) is 5.10 Å². The monoisotopic (exact) mass is 552 g/mol. The summed E-state index contributed by atoms with van der Waals surface area (Å²) in [5.41, 5.74) is 8.31. The van der Waals surface area contributed by atoms with Gasteiger partial charge in [-0.25, -0.2) is 0 Å². The van der Waals surface area contributed by atoms with Crippen LogP contribution in [0.1, 0.15) is 31.4 Å². The summed E-state index contributed by atoms with van der Waals surface area (Å²) >= 11 is 12.6. The molecule has 0 saturated carbocycles. The summed E-state index contributed by atoms with van der Waals surface area (Å²) in [6.07, 6.45) is 4.78. The largest absolute Gasteiger partial charge is 0.486 e. The van der Waals surface area contributed by atoms with E-state index in [0.717, 1.165) is 36.8 Å². The third-order valence-corrected chi connectivity index (χ3v) is 7.73. The van der Waals surface area contributed by atoms with Gasteiger partial charge in [0.1, 0.15) is 28.8 Å². The van der Waals surface area contributed by atoms with Crippen molar-refractivity contribution in [3.05, 3.63) is 58.3 Å². The number of anilines is 1. The van der Waals surface area contributed by atoms with Gasteiger partial charge in [-0.1, -0.05) is 23.2 Å². The summed E-state index contributed by atoms with van der Waals surface area (Å²) < 4.78 is 6.15. The third kappa shape index (κ3) is 4.42. The van der Waals surface area contributed by atoms with Crippen molar-refractivity contribution < 1.29 is 9.53 Å². The van der Waals surface area contributed by atoms with Crippen molar-refractivity contribution in [3.8, 4) is 17.1 Å². The smallest absolute Gasteiger partial charge is 0.246 e. The van der Waals surface area contributed by atoms with Crippen LogP contribution in [-0.4, -0.2) is 67.9 Å². The second-order valence-corrected chi connectivity index (χ2v) is 10.7. The highest BCUT2D eigenvalue weighted by atomic mass is 35.5. The molecule has 2 saturated heterocycles. The second-order valence-electron chi connectivity index (χ2n) is 9.84. The predicted molar refractivity (Wildman–Crippen MR) is 145 cm³/mol. The minimum atomic E-state index is -0.860. The third-order valence-electron chi connectivity index (χ3n) is 7.13. The zero-order valence-electron chi connectivity index (χ0n) is 20.7. The molecule has 1 atom stereocenters. The Morgan fingerprint density at radius 2 is 1.84 bits per heavy atom. The lowest BCUT2D eigenvalue weighted by Gasteiger charge is -2.48. The average Bonchev–Trinajstić information content (AvgIpc) is 3.57. The maximum absolute atomic E-state index is 12.8. The van der Waals surface area contributed by atoms with Crippen molar-refractivity contribution in [1.82, 2.24) is 30.3 Å². The molecular formula is C26H26Cl2N8O2. The SMILES string of the molecule is C[C@@H](Oc1ccc2[nH]nc(-c3ccc(N4CC(N)(C(=O)N5CCCC5)C4)nn3)c2c1)c1c(Cl)cncc1Cl. The van der Waals surface area contributed by atoms with Gasteiger partial charge < -0.3 is 20.3 Å². The van der Waals surface area contributed by atoms with E-state index in [2.05, 4.69) is 25.4 Å². The van der Waals surface area contributed by atoms with Crippen molar-refractivity contribution in [2.45, 2.75) is 31.4 Å². The lowest BCUT2D eigenvalue weighted by Crippen LogP contribution is -2.74. The quantitative estimate of drug-likeness (QED) is 0.367. The first-order valence-corrected chi connectivity index (χ1v) is 13.2. The van der Waals surface area contributed by atoms with E-state index in [1.165, 1.54) is 0 Å². The topological polar surface area (TPSA) is 126 Å². The number of carbonyl (C=O) groups excluding carboxylic acids is 1. The van der Waals surface area contributed by atoms with E-state index in [4.69, 9.17) is 33.7 Å². The van der Waals surface area contributed by atoms with Crippen LogP contribution in [0.5, 0.6) is 5.75 Å². The molecule has 196 valence electrons. The number of nitrogens with one attached hydrogen (secondary N) is 1. The molecule has 3 N–H and O–H groups in total. The molecule has 2 fully saturated rings.